The van der Waals surface area contributed by atoms with Crippen molar-refractivity contribution in [2.45, 2.75) is 26.0 Å². The van der Waals surface area contributed by atoms with E-state index in [0.29, 0.717) is 5.75 Å². The SMILES string of the molecule is C[C@H](Oc1ccccc1Br)C(=O)N[C@@H](C)c1cccnc1. The highest BCUT2D eigenvalue weighted by Gasteiger charge is 2.18. The third kappa shape index (κ3) is 4.29. The van der Waals surface area contributed by atoms with Gasteiger partial charge in [0.05, 0.1) is 10.5 Å². The zero-order valence-electron chi connectivity index (χ0n) is 11.9. The summed E-state index contributed by atoms with van der Waals surface area (Å²) in [5, 5.41) is 2.92. The molecule has 0 spiro atoms. The first-order chi connectivity index (χ1) is 10.1. The predicted molar refractivity (Wildman–Crippen MR) is 85.0 cm³/mol. The average Bonchev–Trinajstić information content (AvgIpc) is 2.50. The fourth-order valence-electron chi connectivity index (χ4n) is 1.83. The molecule has 1 heterocycles. The van der Waals surface area contributed by atoms with Crippen LogP contribution in [0.25, 0.3) is 0 Å². The molecular formula is C16H17BrN2O2. The van der Waals surface area contributed by atoms with Gasteiger partial charge >= 0.3 is 0 Å². The summed E-state index contributed by atoms with van der Waals surface area (Å²) in [6.07, 6.45) is 2.86. The predicted octanol–water partition coefficient (Wildman–Crippen LogP) is 3.49. The maximum absolute atomic E-state index is 12.2. The van der Waals surface area contributed by atoms with Gasteiger partial charge in [-0.15, -0.1) is 0 Å². The highest BCUT2D eigenvalue weighted by molar-refractivity contribution is 9.10. The Balaban J connectivity index is 1.95. The number of amides is 1. The monoisotopic (exact) mass is 348 g/mol. The number of para-hydroxylation sites is 1. The molecule has 110 valence electrons. The van der Waals surface area contributed by atoms with E-state index in [1.807, 2.05) is 43.3 Å². The highest BCUT2D eigenvalue weighted by atomic mass is 79.9. The molecule has 0 bridgehead atoms. The molecule has 4 nitrogen and oxygen atoms in total. The van der Waals surface area contributed by atoms with E-state index in [9.17, 15) is 4.79 Å². The number of pyridine rings is 1. The van der Waals surface area contributed by atoms with Crippen LogP contribution in [0.15, 0.2) is 53.3 Å². The van der Waals surface area contributed by atoms with E-state index in [1.54, 1.807) is 19.3 Å². The quantitative estimate of drug-likeness (QED) is 0.899. The van der Waals surface area contributed by atoms with Crippen molar-refractivity contribution in [3.8, 4) is 5.75 Å². The first-order valence-corrected chi connectivity index (χ1v) is 7.48. The summed E-state index contributed by atoms with van der Waals surface area (Å²) >= 11 is 3.40. The molecule has 0 aliphatic rings. The zero-order valence-corrected chi connectivity index (χ0v) is 13.5. The lowest BCUT2D eigenvalue weighted by atomic mass is 10.1. The number of hydrogen-bond donors (Lipinski definition) is 1. The Morgan fingerprint density at radius 3 is 2.67 bits per heavy atom. The van der Waals surface area contributed by atoms with Crippen molar-refractivity contribution < 1.29 is 9.53 Å². The van der Waals surface area contributed by atoms with Gasteiger partial charge in [-0.3, -0.25) is 9.78 Å². The third-order valence-electron chi connectivity index (χ3n) is 3.05. The Morgan fingerprint density at radius 2 is 2.00 bits per heavy atom. The van der Waals surface area contributed by atoms with Gasteiger partial charge in [0.2, 0.25) is 0 Å². The van der Waals surface area contributed by atoms with E-state index in [1.165, 1.54) is 0 Å². The van der Waals surface area contributed by atoms with E-state index < -0.39 is 6.10 Å². The standard InChI is InChI=1S/C16H17BrN2O2/c1-11(13-6-5-9-18-10-13)19-16(20)12(2)21-15-8-4-3-7-14(15)17/h3-12H,1-2H3,(H,19,20)/t11-,12-/m0/s1. The number of aromatic nitrogens is 1. The Kier molecular flexibility index (Phi) is 5.33. The van der Waals surface area contributed by atoms with Crippen LogP contribution in [-0.2, 0) is 4.79 Å². The maximum Gasteiger partial charge on any atom is 0.261 e. The van der Waals surface area contributed by atoms with Crippen LogP contribution in [0.1, 0.15) is 25.5 Å². The molecule has 0 saturated heterocycles. The van der Waals surface area contributed by atoms with Gasteiger partial charge in [0.25, 0.3) is 5.91 Å². The minimum atomic E-state index is -0.581. The molecule has 1 aromatic heterocycles. The molecule has 5 heteroatoms. The molecular weight excluding hydrogens is 332 g/mol. The Bertz CT molecular complexity index is 604. The summed E-state index contributed by atoms with van der Waals surface area (Å²) in [6.45, 7) is 3.64. The number of benzene rings is 1. The van der Waals surface area contributed by atoms with Crippen molar-refractivity contribution >= 4 is 21.8 Å². The first-order valence-electron chi connectivity index (χ1n) is 6.69. The molecule has 1 amide bonds. The van der Waals surface area contributed by atoms with Crippen LogP contribution in [0.5, 0.6) is 5.75 Å². The van der Waals surface area contributed by atoms with Crippen molar-refractivity contribution in [1.29, 1.82) is 0 Å². The lowest BCUT2D eigenvalue weighted by Crippen LogP contribution is -2.37. The van der Waals surface area contributed by atoms with Gasteiger partial charge in [-0.1, -0.05) is 18.2 Å². The number of nitrogens with zero attached hydrogens (tertiary/aromatic N) is 1. The van der Waals surface area contributed by atoms with Gasteiger partial charge < -0.3 is 10.1 Å². The molecule has 2 atom stereocenters. The average molecular weight is 349 g/mol. The van der Waals surface area contributed by atoms with Crippen molar-refractivity contribution in [2.75, 3.05) is 0 Å². The van der Waals surface area contributed by atoms with Crippen molar-refractivity contribution in [2.24, 2.45) is 0 Å². The van der Waals surface area contributed by atoms with Gasteiger partial charge in [0.15, 0.2) is 6.10 Å². The summed E-state index contributed by atoms with van der Waals surface area (Å²) in [7, 11) is 0. The van der Waals surface area contributed by atoms with Crippen LogP contribution in [0.3, 0.4) is 0 Å². The molecule has 0 saturated carbocycles. The molecule has 1 aromatic carbocycles. The van der Waals surface area contributed by atoms with Gasteiger partial charge in [-0.2, -0.15) is 0 Å². The summed E-state index contributed by atoms with van der Waals surface area (Å²) in [5.74, 6) is 0.483. The normalized spacial score (nSPS) is 13.3. The lowest BCUT2D eigenvalue weighted by Gasteiger charge is -2.19. The van der Waals surface area contributed by atoms with Gasteiger partial charge in [-0.05, 0) is 53.5 Å². The molecule has 1 N–H and O–H groups in total. The first kappa shape index (κ1) is 15.5. The zero-order chi connectivity index (χ0) is 15.2. The van der Waals surface area contributed by atoms with E-state index >= 15 is 0 Å². The number of carbonyl (C=O) groups is 1. The number of halogens is 1. The minimum Gasteiger partial charge on any atom is -0.480 e. The Labute approximate surface area is 132 Å². The molecule has 21 heavy (non-hydrogen) atoms. The molecule has 2 aromatic rings. The molecule has 2 rings (SSSR count). The summed E-state index contributed by atoms with van der Waals surface area (Å²) in [5.41, 5.74) is 0.957. The fourth-order valence-corrected chi connectivity index (χ4v) is 2.21. The maximum atomic E-state index is 12.2. The third-order valence-corrected chi connectivity index (χ3v) is 3.71. The topological polar surface area (TPSA) is 51.2 Å². The minimum absolute atomic E-state index is 0.114. The van der Waals surface area contributed by atoms with Crippen LogP contribution in [0, 0.1) is 0 Å². The fraction of sp³-hybridized carbons (Fsp3) is 0.250. The smallest absolute Gasteiger partial charge is 0.261 e. The lowest BCUT2D eigenvalue weighted by molar-refractivity contribution is -0.127. The highest BCUT2D eigenvalue weighted by Crippen LogP contribution is 2.25. The molecule has 0 fully saturated rings. The van der Waals surface area contributed by atoms with Crippen molar-refractivity contribution in [3.63, 3.8) is 0 Å². The summed E-state index contributed by atoms with van der Waals surface area (Å²) in [4.78, 5) is 16.2. The largest absolute Gasteiger partial charge is 0.480 e. The summed E-state index contributed by atoms with van der Waals surface area (Å²) < 4.78 is 6.49. The van der Waals surface area contributed by atoms with E-state index in [4.69, 9.17) is 4.74 Å². The van der Waals surface area contributed by atoms with Crippen LogP contribution in [-0.4, -0.2) is 17.0 Å². The van der Waals surface area contributed by atoms with Crippen molar-refractivity contribution in [1.82, 2.24) is 10.3 Å². The number of nitrogens with one attached hydrogen (secondary N) is 1. The van der Waals surface area contributed by atoms with E-state index in [2.05, 4.69) is 26.2 Å². The number of hydrogen-bond acceptors (Lipinski definition) is 3. The van der Waals surface area contributed by atoms with Gasteiger partial charge in [-0.25, -0.2) is 0 Å². The second kappa shape index (κ2) is 7.22. The molecule has 0 aliphatic heterocycles. The second-order valence-corrected chi connectivity index (χ2v) is 5.56. The Morgan fingerprint density at radius 1 is 1.24 bits per heavy atom. The van der Waals surface area contributed by atoms with Crippen LogP contribution < -0.4 is 10.1 Å². The molecule has 0 aliphatic carbocycles. The van der Waals surface area contributed by atoms with Crippen LogP contribution in [0.4, 0.5) is 0 Å². The summed E-state index contributed by atoms with van der Waals surface area (Å²) in [6, 6.07) is 11.1. The van der Waals surface area contributed by atoms with Gasteiger partial charge in [0.1, 0.15) is 5.75 Å². The Hall–Kier alpha value is -1.88. The number of ether oxygens (including phenoxy) is 1. The number of carbonyl (C=O) groups excluding carboxylic acids is 1. The molecule has 0 radical (unpaired) electrons. The van der Waals surface area contributed by atoms with Crippen LogP contribution >= 0.6 is 15.9 Å². The van der Waals surface area contributed by atoms with Crippen molar-refractivity contribution in [3.05, 3.63) is 58.8 Å². The van der Waals surface area contributed by atoms with Gasteiger partial charge in [0, 0.05) is 12.4 Å². The van der Waals surface area contributed by atoms with E-state index in [-0.39, 0.29) is 11.9 Å². The van der Waals surface area contributed by atoms with E-state index in [0.717, 1.165) is 10.0 Å². The van der Waals surface area contributed by atoms with Crippen LogP contribution in [0.2, 0.25) is 0 Å². The number of rotatable bonds is 5. The molecule has 0 unspecified atom stereocenters. The second-order valence-electron chi connectivity index (χ2n) is 4.71.